The molecule has 1 aromatic carbocycles. The van der Waals surface area contributed by atoms with Gasteiger partial charge in [0.2, 0.25) is 5.91 Å². The molecule has 3 saturated heterocycles. The summed E-state index contributed by atoms with van der Waals surface area (Å²) in [6.45, 7) is -0.973. The van der Waals surface area contributed by atoms with E-state index in [1.165, 1.54) is 6.07 Å². The first-order valence-corrected chi connectivity index (χ1v) is 16.0. The van der Waals surface area contributed by atoms with Crippen LogP contribution in [0.4, 0.5) is 4.79 Å². The monoisotopic (exact) mass is 676 g/mol. The van der Waals surface area contributed by atoms with E-state index in [1.807, 2.05) is 11.8 Å². The van der Waals surface area contributed by atoms with E-state index in [1.54, 1.807) is 18.2 Å². The summed E-state index contributed by atoms with van der Waals surface area (Å²) in [5.41, 5.74) is 9.12. The Morgan fingerprint density at radius 2 is 1.91 bits per heavy atom. The zero-order valence-electron chi connectivity index (χ0n) is 25.4. The molecule has 0 spiro atoms. The van der Waals surface area contributed by atoms with Gasteiger partial charge in [0.15, 0.2) is 6.23 Å². The number of hydroxylamine groups is 2. The quantitative estimate of drug-likeness (QED) is 0.0305. The molecular weight excluding hydrogens is 640 g/mol. The third kappa shape index (κ3) is 11.0. The maximum absolute atomic E-state index is 12.6. The van der Waals surface area contributed by atoms with Crippen LogP contribution in [0.15, 0.2) is 29.4 Å². The van der Waals surface area contributed by atoms with Crippen molar-refractivity contribution in [3.8, 4) is 5.75 Å². The van der Waals surface area contributed by atoms with Crippen molar-refractivity contribution >= 4 is 47.4 Å². The molecule has 0 bridgehead atoms. The molecule has 4 N–H and O–H groups in total. The first-order chi connectivity index (χ1) is 22.7. The lowest BCUT2D eigenvalue weighted by Gasteiger charge is -2.16. The van der Waals surface area contributed by atoms with Gasteiger partial charge in [-0.25, -0.2) is 9.59 Å². The lowest BCUT2D eigenvalue weighted by molar-refractivity contribution is -0.200. The highest BCUT2D eigenvalue weighted by molar-refractivity contribution is 8.00. The first kappa shape index (κ1) is 35.3. The van der Waals surface area contributed by atoms with Crippen molar-refractivity contribution in [1.82, 2.24) is 26.3 Å². The van der Waals surface area contributed by atoms with E-state index in [0.29, 0.717) is 28.9 Å². The van der Waals surface area contributed by atoms with Crippen molar-refractivity contribution in [2.45, 2.75) is 62.1 Å². The standard InChI is InChI=1S/C28H36N8O10S/c29-35-34-22(44-11-10-43-14-25(40)46-36-23(38)8-9-24(36)39)13-45-18-5-3-4-17(12-18)27(41)31-16-30-21(37)7-2-1-6-20-26-19(15-47-20)32-28(42)33-26/h3-5,12,19-20,22,26H,1-2,6-11,13-16H2,(H,30,37)(H,31,41)(H2,32,33,42)/t19-,20-,22?,26-/m1/s1. The lowest BCUT2D eigenvalue weighted by Crippen LogP contribution is -2.37. The number of rotatable bonds is 19. The Labute approximate surface area is 273 Å². The number of hydrogen-bond donors (Lipinski definition) is 4. The van der Waals surface area contributed by atoms with Crippen LogP contribution < -0.4 is 26.0 Å². The normalized spacial score (nSPS) is 20.5. The van der Waals surface area contributed by atoms with Gasteiger partial charge < -0.3 is 40.3 Å². The van der Waals surface area contributed by atoms with Gasteiger partial charge in [0.05, 0.1) is 32.0 Å². The van der Waals surface area contributed by atoms with Crippen LogP contribution in [0.25, 0.3) is 10.4 Å². The van der Waals surface area contributed by atoms with Crippen LogP contribution in [0.3, 0.4) is 0 Å². The molecule has 254 valence electrons. The van der Waals surface area contributed by atoms with Crippen LogP contribution in [0.5, 0.6) is 5.75 Å². The highest BCUT2D eigenvalue weighted by Gasteiger charge is 2.42. The maximum atomic E-state index is 12.6. The number of nitrogens with zero attached hydrogens (tertiary/aromatic N) is 4. The summed E-state index contributed by atoms with van der Waals surface area (Å²) in [5, 5.41) is 15.4. The highest BCUT2D eigenvalue weighted by atomic mass is 32.2. The van der Waals surface area contributed by atoms with Crippen molar-refractivity contribution in [3.63, 3.8) is 0 Å². The van der Waals surface area contributed by atoms with Crippen molar-refractivity contribution in [3.05, 3.63) is 40.3 Å². The van der Waals surface area contributed by atoms with Gasteiger partial charge in [-0.2, -0.15) is 11.8 Å². The lowest BCUT2D eigenvalue weighted by atomic mass is 10.0. The van der Waals surface area contributed by atoms with E-state index < -0.39 is 36.5 Å². The second kappa shape index (κ2) is 17.9. The molecule has 4 rings (SSSR count). The fourth-order valence-corrected chi connectivity index (χ4v) is 6.48. The van der Waals surface area contributed by atoms with Crippen molar-refractivity contribution < 1.29 is 47.8 Å². The number of carbonyl (C=O) groups is 6. The molecule has 6 amide bonds. The SMILES string of the molecule is [N-]=[N+]=NC(COc1cccc(C(=O)NCNC(=O)CCCC[C@H]2SC[C@H]3NC(=O)N[C@H]32)c1)OCCOCC(=O)ON1C(=O)CCC1=O. The molecular formula is C28H36N8O10S. The van der Waals surface area contributed by atoms with Gasteiger partial charge in [-0.3, -0.25) is 19.2 Å². The number of urea groups is 1. The minimum atomic E-state index is -1.06. The van der Waals surface area contributed by atoms with Gasteiger partial charge in [-0.05, 0) is 36.6 Å². The van der Waals surface area contributed by atoms with Crippen LogP contribution in [0, 0.1) is 0 Å². The first-order valence-electron chi connectivity index (χ1n) is 15.0. The maximum Gasteiger partial charge on any atom is 0.358 e. The third-order valence-electron chi connectivity index (χ3n) is 7.24. The van der Waals surface area contributed by atoms with Crippen LogP contribution in [-0.4, -0.2) is 103 Å². The van der Waals surface area contributed by atoms with Gasteiger partial charge in [0.1, 0.15) is 19.0 Å². The average molecular weight is 677 g/mol. The molecule has 4 atom stereocenters. The van der Waals surface area contributed by atoms with E-state index in [0.717, 1.165) is 18.6 Å². The molecule has 3 aliphatic heterocycles. The zero-order chi connectivity index (χ0) is 33.6. The van der Waals surface area contributed by atoms with E-state index in [-0.39, 0.29) is 68.9 Å². The number of unbranched alkanes of at least 4 members (excludes halogenated alkanes) is 1. The molecule has 47 heavy (non-hydrogen) atoms. The minimum Gasteiger partial charge on any atom is -0.491 e. The number of thioether (sulfide) groups is 1. The van der Waals surface area contributed by atoms with Gasteiger partial charge in [0.25, 0.3) is 17.7 Å². The van der Waals surface area contributed by atoms with Crippen molar-refractivity contribution in [2.24, 2.45) is 5.11 Å². The number of azide groups is 1. The smallest absolute Gasteiger partial charge is 0.358 e. The molecule has 3 fully saturated rings. The fourth-order valence-electron chi connectivity index (χ4n) is 4.94. The van der Waals surface area contributed by atoms with Gasteiger partial charge in [-0.1, -0.05) is 17.6 Å². The number of imide groups is 1. The fraction of sp³-hybridized carbons (Fsp3) is 0.571. The zero-order valence-corrected chi connectivity index (χ0v) is 26.2. The second-order valence-corrected chi connectivity index (χ2v) is 11.9. The van der Waals surface area contributed by atoms with Crippen molar-refractivity contribution in [1.29, 1.82) is 0 Å². The van der Waals surface area contributed by atoms with Gasteiger partial charge in [0, 0.05) is 40.7 Å². The van der Waals surface area contributed by atoms with E-state index in [2.05, 4.69) is 36.1 Å². The molecule has 3 aliphatic rings. The average Bonchev–Trinajstić information content (AvgIpc) is 3.71. The van der Waals surface area contributed by atoms with Crippen LogP contribution >= 0.6 is 11.8 Å². The Morgan fingerprint density at radius 3 is 2.70 bits per heavy atom. The van der Waals surface area contributed by atoms with Crippen LogP contribution in [0.1, 0.15) is 48.9 Å². The highest BCUT2D eigenvalue weighted by Crippen LogP contribution is 2.33. The largest absolute Gasteiger partial charge is 0.491 e. The Morgan fingerprint density at radius 1 is 1.11 bits per heavy atom. The van der Waals surface area contributed by atoms with E-state index in [9.17, 15) is 28.8 Å². The molecule has 0 aromatic heterocycles. The summed E-state index contributed by atoms with van der Waals surface area (Å²) in [5.74, 6) is -1.56. The van der Waals surface area contributed by atoms with E-state index >= 15 is 0 Å². The second-order valence-electron chi connectivity index (χ2n) is 10.6. The molecule has 0 radical (unpaired) electrons. The molecule has 1 aromatic rings. The number of amides is 6. The molecule has 1 unspecified atom stereocenters. The number of fused-ring (bicyclic) bond motifs is 1. The Balaban J connectivity index is 1.07. The summed E-state index contributed by atoms with van der Waals surface area (Å²) >= 11 is 1.83. The van der Waals surface area contributed by atoms with E-state index in [4.69, 9.17) is 19.7 Å². The minimum absolute atomic E-state index is 0.0216. The number of nitrogens with one attached hydrogen (secondary N) is 4. The Bertz CT molecular complexity index is 1360. The summed E-state index contributed by atoms with van der Waals surface area (Å²) in [6, 6.07) is 6.44. The Hall–Kier alpha value is -4.58. The third-order valence-corrected chi connectivity index (χ3v) is 8.75. The van der Waals surface area contributed by atoms with Gasteiger partial charge in [-0.15, -0.1) is 5.06 Å². The predicted molar refractivity (Wildman–Crippen MR) is 163 cm³/mol. The number of hydrogen-bond acceptors (Lipinski definition) is 12. The summed E-state index contributed by atoms with van der Waals surface area (Å²) in [7, 11) is 0. The molecule has 0 saturated carbocycles. The summed E-state index contributed by atoms with van der Waals surface area (Å²) in [6.07, 6.45) is 1.68. The Kier molecular flexibility index (Phi) is 13.5. The molecule has 18 nitrogen and oxygen atoms in total. The molecule has 3 heterocycles. The predicted octanol–water partition coefficient (Wildman–Crippen LogP) is 0.872. The number of carbonyl (C=O) groups excluding carboxylic acids is 6. The van der Waals surface area contributed by atoms with Crippen molar-refractivity contribution in [2.75, 3.05) is 38.8 Å². The van der Waals surface area contributed by atoms with Crippen LogP contribution in [-0.2, 0) is 33.5 Å². The van der Waals surface area contributed by atoms with Gasteiger partial charge >= 0.3 is 12.0 Å². The molecule has 0 aliphatic carbocycles. The number of benzene rings is 1. The summed E-state index contributed by atoms with van der Waals surface area (Å²) < 4.78 is 16.1. The number of ether oxygens (including phenoxy) is 3. The topological polar surface area (TPSA) is 239 Å². The molecule has 19 heteroatoms. The van der Waals surface area contributed by atoms with Crippen LogP contribution in [0.2, 0.25) is 0 Å². The summed E-state index contributed by atoms with van der Waals surface area (Å²) in [4.78, 5) is 78.4.